The van der Waals surface area contributed by atoms with E-state index in [0.29, 0.717) is 10.8 Å². The number of aromatic amines is 1. The van der Waals surface area contributed by atoms with Gasteiger partial charge in [-0.05, 0) is 6.07 Å². The van der Waals surface area contributed by atoms with Gasteiger partial charge >= 0.3 is 0 Å². The van der Waals surface area contributed by atoms with Gasteiger partial charge in [-0.1, -0.05) is 41.7 Å². The van der Waals surface area contributed by atoms with Crippen LogP contribution in [0.5, 0.6) is 0 Å². The van der Waals surface area contributed by atoms with Gasteiger partial charge in [0.1, 0.15) is 5.69 Å². The highest BCUT2D eigenvalue weighted by Gasteiger charge is 2.14. The van der Waals surface area contributed by atoms with Gasteiger partial charge in [-0.15, -0.1) is 0 Å². The van der Waals surface area contributed by atoms with E-state index in [1.54, 1.807) is 6.07 Å². The third kappa shape index (κ3) is 2.25. The molecule has 0 aliphatic rings. The van der Waals surface area contributed by atoms with E-state index in [1.807, 2.05) is 30.3 Å². The zero-order chi connectivity index (χ0) is 13.2. The maximum Gasteiger partial charge on any atom is 0.264 e. The number of thiazole rings is 1. The summed E-state index contributed by atoms with van der Waals surface area (Å²) in [7, 11) is 0. The second kappa shape index (κ2) is 4.66. The summed E-state index contributed by atoms with van der Waals surface area (Å²) in [5.41, 5.74) is 7.97. The van der Waals surface area contributed by atoms with E-state index < -0.39 is 0 Å². The number of hydrogen-bond donors (Lipinski definition) is 2. The SMILES string of the molecule is Nc1nc(-c2ccccc2)c(-c2ccc(=O)[nH]n2)s1. The van der Waals surface area contributed by atoms with E-state index >= 15 is 0 Å². The fourth-order valence-corrected chi connectivity index (χ4v) is 2.60. The second-order valence-corrected chi connectivity index (χ2v) is 4.93. The lowest BCUT2D eigenvalue weighted by Crippen LogP contribution is -2.05. The van der Waals surface area contributed by atoms with Gasteiger partial charge in [0.15, 0.2) is 5.13 Å². The Morgan fingerprint density at radius 3 is 2.58 bits per heavy atom. The first-order valence-corrected chi connectivity index (χ1v) is 6.43. The van der Waals surface area contributed by atoms with E-state index in [2.05, 4.69) is 15.2 Å². The molecule has 0 spiro atoms. The van der Waals surface area contributed by atoms with Crippen molar-refractivity contribution in [2.45, 2.75) is 0 Å². The maximum absolute atomic E-state index is 11.1. The molecule has 1 aromatic carbocycles. The average Bonchev–Trinajstić information content (AvgIpc) is 2.83. The number of nitrogens with zero attached hydrogens (tertiary/aromatic N) is 2. The monoisotopic (exact) mass is 270 g/mol. The van der Waals surface area contributed by atoms with E-state index in [-0.39, 0.29) is 5.56 Å². The number of benzene rings is 1. The lowest BCUT2D eigenvalue weighted by Gasteiger charge is -2.00. The van der Waals surface area contributed by atoms with E-state index in [0.717, 1.165) is 16.1 Å². The molecule has 2 aromatic heterocycles. The highest BCUT2D eigenvalue weighted by molar-refractivity contribution is 7.19. The molecule has 3 aromatic rings. The number of anilines is 1. The number of aromatic nitrogens is 3. The van der Waals surface area contributed by atoms with Crippen molar-refractivity contribution in [2.75, 3.05) is 5.73 Å². The normalized spacial score (nSPS) is 10.5. The molecule has 0 fully saturated rings. The first-order chi connectivity index (χ1) is 9.24. The lowest BCUT2D eigenvalue weighted by molar-refractivity contribution is 0.997. The molecule has 0 saturated heterocycles. The minimum atomic E-state index is -0.234. The standard InChI is InChI=1S/C13H10N4OS/c14-13-15-11(8-4-2-1-3-5-8)12(19-13)9-6-7-10(18)17-16-9/h1-7H,(H2,14,15)(H,17,18). The van der Waals surface area contributed by atoms with Gasteiger partial charge in [0, 0.05) is 11.6 Å². The summed E-state index contributed by atoms with van der Waals surface area (Å²) in [5, 5.41) is 6.92. The number of nitrogens with two attached hydrogens (primary N) is 1. The molecule has 0 radical (unpaired) electrons. The van der Waals surface area contributed by atoms with Crippen LogP contribution in [0.25, 0.3) is 21.8 Å². The van der Waals surface area contributed by atoms with Crippen molar-refractivity contribution in [3.05, 3.63) is 52.8 Å². The smallest absolute Gasteiger partial charge is 0.264 e. The molecule has 0 saturated carbocycles. The van der Waals surface area contributed by atoms with Gasteiger partial charge in [-0.2, -0.15) is 5.10 Å². The fourth-order valence-electron chi connectivity index (χ4n) is 1.77. The third-order valence-electron chi connectivity index (χ3n) is 2.60. The zero-order valence-electron chi connectivity index (χ0n) is 9.83. The summed E-state index contributed by atoms with van der Waals surface area (Å²) < 4.78 is 0. The van der Waals surface area contributed by atoms with Gasteiger partial charge in [-0.25, -0.2) is 10.1 Å². The molecule has 3 N–H and O–H groups in total. The topological polar surface area (TPSA) is 84.7 Å². The molecular formula is C13H10N4OS. The Bertz CT molecular complexity index is 743. The van der Waals surface area contributed by atoms with Crippen molar-refractivity contribution in [2.24, 2.45) is 0 Å². The molecular weight excluding hydrogens is 260 g/mol. The van der Waals surface area contributed by atoms with Crippen molar-refractivity contribution in [3.63, 3.8) is 0 Å². The summed E-state index contributed by atoms with van der Waals surface area (Å²) in [6, 6.07) is 12.8. The van der Waals surface area contributed by atoms with Crippen molar-refractivity contribution in [1.29, 1.82) is 0 Å². The number of hydrogen-bond acceptors (Lipinski definition) is 5. The van der Waals surface area contributed by atoms with Crippen LogP contribution in [0, 0.1) is 0 Å². The molecule has 0 unspecified atom stereocenters. The zero-order valence-corrected chi connectivity index (χ0v) is 10.6. The second-order valence-electron chi connectivity index (χ2n) is 3.90. The van der Waals surface area contributed by atoms with Crippen LogP contribution in [0.15, 0.2) is 47.3 Å². The van der Waals surface area contributed by atoms with Crippen LogP contribution in [-0.4, -0.2) is 15.2 Å². The fraction of sp³-hybridized carbons (Fsp3) is 0. The van der Waals surface area contributed by atoms with Crippen molar-refractivity contribution >= 4 is 16.5 Å². The van der Waals surface area contributed by atoms with Crippen LogP contribution in [0.2, 0.25) is 0 Å². The number of nitrogen functional groups attached to an aromatic ring is 1. The predicted octanol–water partition coefficient (Wildman–Crippen LogP) is 2.14. The molecule has 19 heavy (non-hydrogen) atoms. The summed E-state index contributed by atoms with van der Waals surface area (Å²) in [6.07, 6.45) is 0. The van der Waals surface area contributed by atoms with Crippen molar-refractivity contribution in [3.8, 4) is 21.8 Å². The van der Waals surface area contributed by atoms with Crippen LogP contribution < -0.4 is 11.3 Å². The predicted molar refractivity (Wildman–Crippen MR) is 75.8 cm³/mol. The Morgan fingerprint density at radius 2 is 1.89 bits per heavy atom. The Labute approximate surface area is 112 Å². The van der Waals surface area contributed by atoms with Gasteiger partial charge in [0.2, 0.25) is 0 Å². The summed E-state index contributed by atoms with van der Waals surface area (Å²) in [6.45, 7) is 0. The van der Waals surface area contributed by atoms with E-state index in [4.69, 9.17) is 5.73 Å². The summed E-state index contributed by atoms with van der Waals surface area (Å²) in [4.78, 5) is 16.2. The van der Waals surface area contributed by atoms with Crippen LogP contribution >= 0.6 is 11.3 Å². The average molecular weight is 270 g/mol. The summed E-state index contributed by atoms with van der Waals surface area (Å²) in [5.74, 6) is 0. The Balaban J connectivity index is 2.17. The Kier molecular flexibility index (Phi) is 2.85. The molecule has 5 nitrogen and oxygen atoms in total. The van der Waals surface area contributed by atoms with Crippen LogP contribution in [-0.2, 0) is 0 Å². The minimum absolute atomic E-state index is 0.234. The quantitative estimate of drug-likeness (QED) is 0.747. The van der Waals surface area contributed by atoms with Gasteiger partial charge < -0.3 is 5.73 Å². The van der Waals surface area contributed by atoms with Crippen LogP contribution in [0.4, 0.5) is 5.13 Å². The Morgan fingerprint density at radius 1 is 1.11 bits per heavy atom. The van der Waals surface area contributed by atoms with E-state index in [9.17, 15) is 4.79 Å². The molecule has 0 amide bonds. The molecule has 0 aliphatic carbocycles. The molecule has 0 aliphatic heterocycles. The molecule has 2 heterocycles. The number of H-pyrrole nitrogens is 1. The maximum atomic E-state index is 11.1. The van der Waals surface area contributed by atoms with Crippen LogP contribution in [0.1, 0.15) is 0 Å². The number of rotatable bonds is 2. The first kappa shape index (κ1) is 11.6. The van der Waals surface area contributed by atoms with Gasteiger partial charge in [0.05, 0.1) is 10.6 Å². The van der Waals surface area contributed by atoms with E-state index in [1.165, 1.54) is 17.4 Å². The Hall–Kier alpha value is -2.47. The lowest BCUT2D eigenvalue weighted by atomic mass is 10.1. The van der Waals surface area contributed by atoms with Crippen molar-refractivity contribution in [1.82, 2.24) is 15.2 Å². The third-order valence-corrected chi connectivity index (χ3v) is 3.51. The highest BCUT2D eigenvalue weighted by atomic mass is 32.1. The molecule has 3 rings (SSSR count). The first-order valence-electron chi connectivity index (χ1n) is 5.62. The minimum Gasteiger partial charge on any atom is -0.375 e. The molecule has 0 bridgehead atoms. The number of nitrogens with one attached hydrogen (secondary N) is 1. The summed E-state index contributed by atoms with van der Waals surface area (Å²) >= 11 is 1.35. The van der Waals surface area contributed by atoms with Gasteiger partial charge in [0.25, 0.3) is 5.56 Å². The molecule has 6 heteroatoms. The van der Waals surface area contributed by atoms with Crippen LogP contribution in [0.3, 0.4) is 0 Å². The molecule has 0 atom stereocenters. The molecule has 94 valence electrons. The largest absolute Gasteiger partial charge is 0.375 e. The van der Waals surface area contributed by atoms with Crippen molar-refractivity contribution < 1.29 is 0 Å². The van der Waals surface area contributed by atoms with Gasteiger partial charge in [-0.3, -0.25) is 4.79 Å². The highest BCUT2D eigenvalue weighted by Crippen LogP contribution is 2.36.